The zero-order chi connectivity index (χ0) is 23.8. The fourth-order valence-electron chi connectivity index (χ4n) is 3.63. The second-order valence-corrected chi connectivity index (χ2v) is 9.89. The van der Waals surface area contributed by atoms with Crippen LogP contribution in [0.5, 0.6) is 0 Å². The highest BCUT2D eigenvalue weighted by Gasteiger charge is 2.56. The van der Waals surface area contributed by atoms with Crippen molar-refractivity contribution >= 4 is 13.7 Å². The van der Waals surface area contributed by atoms with Crippen molar-refractivity contribution in [3.8, 4) is 0 Å². The lowest BCUT2D eigenvalue weighted by molar-refractivity contribution is -0.200. The van der Waals surface area contributed by atoms with Gasteiger partial charge < -0.3 is 23.8 Å². The van der Waals surface area contributed by atoms with Crippen LogP contribution in [0.4, 0.5) is 0 Å². The summed E-state index contributed by atoms with van der Waals surface area (Å²) in [6.45, 7) is 6.31. The van der Waals surface area contributed by atoms with Crippen molar-refractivity contribution in [2.45, 2.75) is 64.1 Å². The second-order valence-electron chi connectivity index (χ2n) is 8.34. The molecule has 32 heavy (non-hydrogen) atoms. The minimum absolute atomic E-state index is 0.345. The summed E-state index contributed by atoms with van der Waals surface area (Å²) in [7, 11) is -3.27. The molecule has 0 bridgehead atoms. The number of carbonyl (C=O) groups is 1. The van der Waals surface area contributed by atoms with E-state index in [9.17, 15) is 23.8 Å². The second kappa shape index (κ2) is 9.18. The van der Waals surface area contributed by atoms with E-state index in [1.54, 1.807) is 27.7 Å². The number of nitrogens with one attached hydrogen (secondary N) is 2. The molecule has 13 nitrogen and oxygen atoms in total. The van der Waals surface area contributed by atoms with E-state index >= 15 is 0 Å². The van der Waals surface area contributed by atoms with Gasteiger partial charge in [-0.05, 0) is 19.8 Å². The van der Waals surface area contributed by atoms with Gasteiger partial charge in [-0.2, -0.15) is 0 Å². The standard InChI is InChI=1S/C18H28N3O10P/c1-9(2)12(16(23)27-5)20-32(25,26)28-8-10-13-14(31-18(3,4)30-13)15(29-10)21-7-6-11(22)19-17(21)24/h6-7,9-10,12-15H,8H2,1-5H3,(H,19,22,24)(H2,20,25,26)/t10-,12?,13-,14-,15-/m1/s1. The van der Waals surface area contributed by atoms with Gasteiger partial charge in [-0.25, -0.2) is 14.4 Å². The van der Waals surface area contributed by atoms with E-state index in [1.807, 2.05) is 0 Å². The SMILES string of the molecule is COC(=O)C(NP(=O)(O)OC[C@H]1O[C@@H](n2ccc(=O)[nH]c2=O)[C@@H]2OC(C)(C)O[C@@H]21)C(C)C. The van der Waals surface area contributed by atoms with Gasteiger partial charge in [0.25, 0.3) is 5.56 Å². The predicted octanol–water partition coefficient (Wildman–Crippen LogP) is -0.142. The Morgan fingerprint density at radius 3 is 2.59 bits per heavy atom. The minimum Gasteiger partial charge on any atom is -0.468 e. The molecule has 2 unspecified atom stereocenters. The molecule has 1 aromatic heterocycles. The van der Waals surface area contributed by atoms with Crippen molar-refractivity contribution in [2.24, 2.45) is 5.92 Å². The summed E-state index contributed by atoms with van der Waals surface area (Å²) in [6, 6.07) is 0.0976. The molecule has 0 aliphatic carbocycles. The number of fused-ring (bicyclic) bond motifs is 1. The molecule has 3 heterocycles. The van der Waals surface area contributed by atoms with E-state index in [0.717, 1.165) is 10.6 Å². The lowest BCUT2D eigenvalue weighted by Crippen LogP contribution is -2.41. The van der Waals surface area contributed by atoms with Crippen LogP contribution in [0.25, 0.3) is 0 Å². The Labute approximate surface area is 183 Å². The smallest absolute Gasteiger partial charge is 0.403 e. The highest BCUT2D eigenvalue weighted by atomic mass is 31.2. The Morgan fingerprint density at radius 2 is 2.00 bits per heavy atom. The average molecular weight is 477 g/mol. The summed E-state index contributed by atoms with van der Waals surface area (Å²) in [4.78, 5) is 47.9. The monoisotopic (exact) mass is 477 g/mol. The predicted molar refractivity (Wildman–Crippen MR) is 109 cm³/mol. The van der Waals surface area contributed by atoms with Crippen LogP contribution < -0.4 is 16.3 Å². The van der Waals surface area contributed by atoms with Crippen molar-refractivity contribution < 1.29 is 37.7 Å². The molecule has 1 aromatic rings. The summed E-state index contributed by atoms with van der Waals surface area (Å²) in [5.74, 6) is -2.06. The van der Waals surface area contributed by atoms with Gasteiger partial charge in [0.15, 0.2) is 12.0 Å². The minimum atomic E-state index is -4.44. The van der Waals surface area contributed by atoms with Gasteiger partial charge >= 0.3 is 19.4 Å². The largest absolute Gasteiger partial charge is 0.468 e. The fourth-order valence-corrected chi connectivity index (χ4v) is 4.81. The Bertz CT molecular complexity index is 1010. The zero-order valence-electron chi connectivity index (χ0n) is 18.3. The molecule has 0 amide bonds. The number of aromatic amines is 1. The maximum absolute atomic E-state index is 12.6. The Morgan fingerprint density at radius 1 is 1.34 bits per heavy atom. The Hall–Kier alpha value is -1.86. The van der Waals surface area contributed by atoms with Crippen LogP contribution in [-0.4, -0.2) is 64.3 Å². The molecule has 2 fully saturated rings. The average Bonchev–Trinajstić information content (AvgIpc) is 3.17. The number of ether oxygens (including phenoxy) is 4. The lowest BCUT2D eigenvalue weighted by Gasteiger charge is -2.26. The van der Waals surface area contributed by atoms with Crippen LogP contribution in [0, 0.1) is 5.92 Å². The highest BCUT2D eigenvalue weighted by molar-refractivity contribution is 7.50. The summed E-state index contributed by atoms with van der Waals surface area (Å²) in [5.41, 5.74) is -1.27. The number of hydrogen-bond acceptors (Lipinski definition) is 9. The van der Waals surface area contributed by atoms with Crippen LogP contribution in [-0.2, 0) is 32.8 Å². The van der Waals surface area contributed by atoms with E-state index < -0.39 is 67.9 Å². The van der Waals surface area contributed by atoms with E-state index in [-0.39, 0.29) is 5.92 Å². The summed E-state index contributed by atoms with van der Waals surface area (Å²) >= 11 is 0. The first kappa shape index (κ1) is 24.8. The molecule has 0 aromatic carbocycles. The van der Waals surface area contributed by atoms with Crippen molar-refractivity contribution in [3.05, 3.63) is 33.1 Å². The third-order valence-corrected chi connectivity index (χ3v) is 6.19. The maximum atomic E-state index is 12.6. The number of esters is 1. The van der Waals surface area contributed by atoms with E-state index in [2.05, 4.69) is 14.8 Å². The first-order chi connectivity index (χ1) is 14.8. The Balaban J connectivity index is 1.76. The van der Waals surface area contributed by atoms with Crippen LogP contribution in [0.1, 0.15) is 33.9 Å². The van der Waals surface area contributed by atoms with Crippen LogP contribution in [0.15, 0.2) is 21.9 Å². The van der Waals surface area contributed by atoms with Gasteiger partial charge in [0.2, 0.25) is 0 Å². The maximum Gasteiger partial charge on any atom is 0.403 e. The molecular weight excluding hydrogens is 449 g/mol. The van der Waals surface area contributed by atoms with Crippen molar-refractivity contribution in [1.29, 1.82) is 0 Å². The summed E-state index contributed by atoms with van der Waals surface area (Å²) < 4.78 is 41.1. The van der Waals surface area contributed by atoms with Crippen molar-refractivity contribution in [2.75, 3.05) is 13.7 Å². The van der Waals surface area contributed by atoms with E-state index in [0.29, 0.717) is 0 Å². The van der Waals surface area contributed by atoms with Gasteiger partial charge in [-0.15, -0.1) is 0 Å². The summed E-state index contributed by atoms with van der Waals surface area (Å²) in [6.07, 6.45) is -2.06. The van der Waals surface area contributed by atoms with Gasteiger partial charge in [0.1, 0.15) is 24.4 Å². The lowest BCUT2D eigenvalue weighted by atomic mass is 10.1. The number of rotatable bonds is 8. The third-order valence-electron chi connectivity index (χ3n) is 5.09. The van der Waals surface area contributed by atoms with Gasteiger partial charge in [0.05, 0.1) is 13.7 Å². The first-order valence-corrected chi connectivity index (χ1v) is 11.6. The third kappa shape index (κ3) is 5.37. The van der Waals surface area contributed by atoms with Gasteiger partial charge in [-0.1, -0.05) is 13.8 Å². The quantitative estimate of drug-likeness (QED) is 0.337. The van der Waals surface area contributed by atoms with Gasteiger partial charge in [0, 0.05) is 12.3 Å². The van der Waals surface area contributed by atoms with Crippen molar-refractivity contribution in [1.82, 2.24) is 14.6 Å². The molecule has 2 aliphatic heterocycles. The molecule has 0 saturated carbocycles. The fraction of sp³-hybridized carbons (Fsp3) is 0.722. The molecule has 3 rings (SSSR count). The number of nitrogens with zero attached hydrogens (tertiary/aromatic N) is 1. The molecule has 3 N–H and O–H groups in total. The number of hydrogen-bond donors (Lipinski definition) is 3. The molecule has 0 spiro atoms. The molecule has 2 aliphatic rings. The number of carbonyl (C=O) groups excluding carboxylic acids is 1. The Kier molecular flexibility index (Phi) is 7.11. The first-order valence-electron chi connectivity index (χ1n) is 9.99. The normalized spacial score (nSPS) is 29.5. The highest BCUT2D eigenvalue weighted by Crippen LogP contribution is 2.45. The van der Waals surface area contributed by atoms with E-state index in [1.165, 1.54) is 13.3 Å². The molecule has 0 radical (unpaired) electrons. The molecule has 6 atom stereocenters. The topological polar surface area (TPSA) is 167 Å². The van der Waals surface area contributed by atoms with Crippen LogP contribution >= 0.6 is 7.75 Å². The van der Waals surface area contributed by atoms with Crippen LogP contribution in [0.2, 0.25) is 0 Å². The van der Waals surface area contributed by atoms with Gasteiger partial charge in [-0.3, -0.25) is 23.7 Å². The zero-order valence-corrected chi connectivity index (χ0v) is 19.2. The molecule has 2 saturated heterocycles. The van der Waals surface area contributed by atoms with Crippen molar-refractivity contribution in [3.63, 3.8) is 0 Å². The molecular formula is C18H28N3O10P. The number of aromatic nitrogens is 2. The van der Waals surface area contributed by atoms with E-state index in [4.69, 9.17) is 18.7 Å². The summed E-state index contributed by atoms with van der Waals surface area (Å²) in [5, 5.41) is 2.29. The number of H-pyrrole nitrogens is 1. The van der Waals surface area contributed by atoms with Crippen LogP contribution in [0.3, 0.4) is 0 Å². The number of methoxy groups -OCH3 is 1. The molecule has 14 heteroatoms. The molecule has 180 valence electrons.